The molecule has 120 valence electrons. The molecular formula is C16H24N4O2. The molecule has 1 aromatic heterocycles. The number of piperidine rings is 1. The van der Waals surface area contributed by atoms with E-state index in [4.69, 9.17) is 0 Å². The largest absolute Gasteiger partial charge is 0.348 e. The number of hydrogen-bond donors (Lipinski definition) is 1. The average Bonchev–Trinajstić information content (AvgIpc) is 3.23. The molecule has 6 nitrogen and oxygen atoms in total. The van der Waals surface area contributed by atoms with E-state index in [2.05, 4.69) is 14.9 Å². The molecule has 2 heterocycles. The molecule has 0 spiro atoms. The van der Waals surface area contributed by atoms with E-state index in [1.807, 2.05) is 18.7 Å². The van der Waals surface area contributed by atoms with E-state index < -0.39 is 0 Å². The molecule has 0 radical (unpaired) electrons. The fraction of sp³-hybridized carbons (Fsp3) is 0.688. The second-order valence-corrected chi connectivity index (χ2v) is 6.45. The molecule has 1 aliphatic carbocycles. The first-order chi connectivity index (χ1) is 10.5. The molecule has 2 fully saturated rings. The fourth-order valence-corrected chi connectivity index (χ4v) is 3.33. The highest BCUT2D eigenvalue weighted by molar-refractivity contribution is 5.93. The predicted octanol–water partition coefficient (Wildman–Crippen LogP) is 1.58. The number of amides is 2. The Morgan fingerprint density at radius 1 is 1.14 bits per heavy atom. The van der Waals surface area contributed by atoms with Crippen molar-refractivity contribution in [2.75, 3.05) is 13.1 Å². The summed E-state index contributed by atoms with van der Waals surface area (Å²) >= 11 is 0. The zero-order valence-corrected chi connectivity index (χ0v) is 13.6. The van der Waals surface area contributed by atoms with Crippen LogP contribution in [-0.4, -0.2) is 45.4 Å². The smallest absolute Gasteiger partial charge is 0.271 e. The van der Waals surface area contributed by atoms with Crippen LogP contribution in [0.5, 0.6) is 0 Å². The quantitative estimate of drug-likeness (QED) is 0.922. The minimum absolute atomic E-state index is 0.0528. The number of rotatable bonds is 3. The maximum atomic E-state index is 12.3. The average molecular weight is 304 g/mol. The Morgan fingerprint density at radius 2 is 1.77 bits per heavy atom. The van der Waals surface area contributed by atoms with Crippen molar-refractivity contribution in [2.24, 2.45) is 0 Å². The number of carbonyl (C=O) groups excluding carboxylic acids is 2. The number of aromatic nitrogens is 2. The second-order valence-electron chi connectivity index (χ2n) is 6.45. The predicted molar refractivity (Wildman–Crippen MR) is 82.7 cm³/mol. The van der Waals surface area contributed by atoms with Crippen LogP contribution < -0.4 is 5.32 Å². The monoisotopic (exact) mass is 304 g/mol. The number of nitrogens with zero attached hydrogens (tertiary/aromatic N) is 3. The standard InChI is InChI=1S/C16H24N4O2/c1-10-15(16(22)18-13-4-5-13)17-11(2)20(10)14-6-8-19(9-7-14)12(3)21/h13-14H,4-9H2,1-3H3,(H,18,22). The third-order valence-electron chi connectivity index (χ3n) is 4.73. The van der Waals surface area contributed by atoms with Gasteiger partial charge in [-0.3, -0.25) is 9.59 Å². The van der Waals surface area contributed by atoms with Crippen molar-refractivity contribution in [3.8, 4) is 0 Å². The molecule has 0 atom stereocenters. The highest BCUT2D eigenvalue weighted by Gasteiger charge is 2.29. The lowest BCUT2D eigenvalue weighted by atomic mass is 10.0. The molecule has 1 saturated carbocycles. The summed E-state index contributed by atoms with van der Waals surface area (Å²) < 4.78 is 2.18. The van der Waals surface area contributed by atoms with E-state index in [9.17, 15) is 9.59 Å². The fourth-order valence-electron chi connectivity index (χ4n) is 3.33. The first-order valence-corrected chi connectivity index (χ1v) is 8.09. The van der Waals surface area contributed by atoms with Gasteiger partial charge in [-0.15, -0.1) is 0 Å². The SMILES string of the molecule is CC(=O)N1CCC(n2c(C)nc(C(=O)NC3CC3)c2C)CC1. The Morgan fingerprint density at radius 3 is 2.32 bits per heavy atom. The van der Waals surface area contributed by atoms with Gasteiger partial charge in [0.05, 0.1) is 0 Å². The molecular weight excluding hydrogens is 280 g/mol. The summed E-state index contributed by atoms with van der Waals surface area (Å²) in [5, 5.41) is 3.01. The van der Waals surface area contributed by atoms with Gasteiger partial charge in [-0.1, -0.05) is 0 Å². The molecule has 1 saturated heterocycles. The number of aryl methyl sites for hydroxylation is 1. The summed E-state index contributed by atoms with van der Waals surface area (Å²) in [5.74, 6) is 0.977. The van der Waals surface area contributed by atoms with E-state index in [1.165, 1.54) is 0 Å². The van der Waals surface area contributed by atoms with Gasteiger partial charge in [0.2, 0.25) is 5.91 Å². The van der Waals surface area contributed by atoms with Crippen LogP contribution in [0.4, 0.5) is 0 Å². The first kappa shape index (κ1) is 15.1. The van der Waals surface area contributed by atoms with E-state index in [0.717, 1.165) is 50.3 Å². The third-order valence-corrected chi connectivity index (χ3v) is 4.73. The van der Waals surface area contributed by atoms with Gasteiger partial charge in [-0.2, -0.15) is 0 Å². The third kappa shape index (κ3) is 2.87. The van der Waals surface area contributed by atoms with Crippen molar-refractivity contribution in [1.82, 2.24) is 19.8 Å². The Balaban J connectivity index is 1.75. The van der Waals surface area contributed by atoms with Crippen molar-refractivity contribution in [3.63, 3.8) is 0 Å². The number of nitrogens with one attached hydrogen (secondary N) is 1. The topological polar surface area (TPSA) is 67.2 Å². The van der Waals surface area contributed by atoms with E-state index in [1.54, 1.807) is 6.92 Å². The van der Waals surface area contributed by atoms with Gasteiger partial charge in [0.25, 0.3) is 5.91 Å². The summed E-state index contributed by atoms with van der Waals surface area (Å²) in [4.78, 5) is 30.1. The van der Waals surface area contributed by atoms with Crippen molar-refractivity contribution >= 4 is 11.8 Å². The first-order valence-electron chi connectivity index (χ1n) is 8.09. The maximum absolute atomic E-state index is 12.3. The Labute approximate surface area is 130 Å². The van der Waals surface area contributed by atoms with Gasteiger partial charge in [0, 0.05) is 37.8 Å². The van der Waals surface area contributed by atoms with Gasteiger partial charge in [-0.25, -0.2) is 4.98 Å². The Kier molecular flexibility index (Phi) is 3.93. The molecule has 1 aliphatic heterocycles. The molecule has 3 rings (SSSR count). The molecule has 0 unspecified atom stereocenters. The van der Waals surface area contributed by atoms with Gasteiger partial charge >= 0.3 is 0 Å². The van der Waals surface area contributed by atoms with Gasteiger partial charge in [0.15, 0.2) is 0 Å². The lowest BCUT2D eigenvalue weighted by Gasteiger charge is -2.33. The van der Waals surface area contributed by atoms with Crippen LogP contribution in [0.3, 0.4) is 0 Å². The zero-order valence-electron chi connectivity index (χ0n) is 13.6. The number of likely N-dealkylation sites (tertiary alicyclic amines) is 1. The van der Waals surface area contributed by atoms with Crippen LogP contribution in [0.1, 0.15) is 60.7 Å². The lowest BCUT2D eigenvalue weighted by molar-refractivity contribution is -0.130. The van der Waals surface area contributed by atoms with Gasteiger partial charge in [0.1, 0.15) is 11.5 Å². The highest BCUT2D eigenvalue weighted by atomic mass is 16.2. The van der Waals surface area contributed by atoms with E-state index in [-0.39, 0.29) is 11.8 Å². The molecule has 2 aliphatic rings. The van der Waals surface area contributed by atoms with Crippen LogP contribution in [0.15, 0.2) is 0 Å². The minimum atomic E-state index is -0.0528. The van der Waals surface area contributed by atoms with Crippen molar-refractivity contribution in [2.45, 2.75) is 58.5 Å². The summed E-state index contributed by atoms with van der Waals surface area (Å²) in [6.07, 6.45) is 3.99. The number of hydrogen-bond acceptors (Lipinski definition) is 3. The Bertz CT molecular complexity index is 596. The van der Waals surface area contributed by atoms with Gasteiger partial charge < -0.3 is 14.8 Å². The summed E-state index contributed by atoms with van der Waals surface area (Å²) in [6, 6.07) is 0.668. The molecule has 2 amide bonds. The van der Waals surface area contributed by atoms with Crippen molar-refractivity contribution in [3.05, 3.63) is 17.2 Å². The Hall–Kier alpha value is -1.85. The van der Waals surface area contributed by atoms with Crippen LogP contribution in [-0.2, 0) is 4.79 Å². The van der Waals surface area contributed by atoms with Crippen LogP contribution in [0.2, 0.25) is 0 Å². The zero-order chi connectivity index (χ0) is 15.9. The molecule has 6 heteroatoms. The van der Waals surface area contributed by atoms with Gasteiger partial charge in [-0.05, 0) is 39.5 Å². The maximum Gasteiger partial charge on any atom is 0.271 e. The van der Waals surface area contributed by atoms with Crippen molar-refractivity contribution < 1.29 is 9.59 Å². The second kappa shape index (κ2) is 5.74. The number of carbonyl (C=O) groups is 2. The van der Waals surface area contributed by atoms with Crippen molar-refractivity contribution in [1.29, 1.82) is 0 Å². The van der Waals surface area contributed by atoms with Crippen LogP contribution in [0, 0.1) is 13.8 Å². The number of imidazole rings is 1. The van der Waals surface area contributed by atoms with E-state index >= 15 is 0 Å². The molecule has 1 N–H and O–H groups in total. The van der Waals surface area contributed by atoms with E-state index in [0.29, 0.717) is 17.8 Å². The minimum Gasteiger partial charge on any atom is -0.348 e. The summed E-state index contributed by atoms with van der Waals surface area (Å²) in [5.41, 5.74) is 1.50. The molecule has 0 aromatic carbocycles. The van der Waals surface area contributed by atoms with Crippen LogP contribution >= 0.6 is 0 Å². The van der Waals surface area contributed by atoms with Crippen LogP contribution in [0.25, 0.3) is 0 Å². The molecule has 0 bridgehead atoms. The normalized spacial score (nSPS) is 19.3. The summed E-state index contributed by atoms with van der Waals surface area (Å²) in [7, 11) is 0. The lowest BCUT2D eigenvalue weighted by Crippen LogP contribution is -2.38. The molecule has 22 heavy (non-hydrogen) atoms. The summed E-state index contributed by atoms with van der Waals surface area (Å²) in [6.45, 7) is 7.10. The molecule has 1 aromatic rings. The highest BCUT2D eigenvalue weighted by Crippen LogP contribution is 2.27.